The van der Waals surface area contributed by atoms with Crippen molar-refractivity contribution in [3.8, 4) is 11.5 Å². The van der Waals surface area contributed by atoms with Crippen LogP contribution in [0, 0.1) is 0 Å². The van der Waals surface area contributed by atoms with Crippen molar-refractivity contribution in [1.29, 1.82) is 0 Å². The molecule has 2 aromatic carbocycles. The van der Waals surface area contributed by atoms with Gasteiger partial charge in [-0.3, -0.25) is 10.3 Å². The fraction of sp³-hybridized carbons (Fsp3) is 0.429. The summed E-state index contributed by atoms with van der Waals surface area (Å²) in [6.45, 7) is 5.79. The van der Waals surface area contributed by atoms with Gasteiger partial charge in [-0.25, -0.2) is 5.43 Å². The van der Waals surface area contributed by atoms with E-state index in [0.29, 0.717) is 12.4 Å². The number of hydrogen-bond acceptors (Lipinski definition) is 6. The average Bonchev–Trinajstić information content (AvgIpc) is 3.19. The SMILES string of the molecule is Oc1cc(OCCN2CCOCC2)ccc1C1NNCC1c1ccccc1. The molecule has 0 bridgehead atoms. The van der Waals surface area contributed by atoms with Gasteiger partial charge in [0, 0.05) is 43.7 Å². The molecule has 3 N–H and O–H groups in total. The van der Waals surface area contributed by atoms with E-state index in [-0.39, 0.29) is 17.7 Å². The summed E-state index contributed by atoms with van der Waals surface area (Å²) < 4.78 is 11.2. The fourth-order valence-electron chi connectivity index (χ4n) is 3.80. The quantitative estimate of drug-likeness (QED) is 0.724. The largest absolute Gasteiger partial charge is 0.507 e. The lowest BCUT2D eigenvalue weighted by molar-refractivity contribution is 0.0322. The predicted octanol–water partition coefficient (Wildman–Crippen LogP) is 2.04. The van der Waals surface area contributed by atoms with Crippen LogP contribution in [-0.2, 0) is 4.74 Å². The second kappa shape index (κ2) is 8.71. The molecule has 144 valence electrons. The van der Waals surface area contributed by atoms with Crippen LogP contribution in [0.5, 0.6) is 11.5 Å². The van der Waals surface area contributed by atoms with E-state index in [9.17, 15) is 5.11 Å². The molecular formula is C21H27N3O3. The van der Waals surface area contributed by atoms with E-state index in [1.165, 1.54) is 5.56 Å². The van der Waals surface area contributed by atoms with Gasteiger partial charge in [-0.05, 0) is 11.6 Å². The highest BCUT2D eigenvalue weighted by Gasteiger charge is 2.31. The smallest absolute Gasteiger partial charge is 0.124 e. The van der Waals surface area contributed by atoms with Crippen molar-refractivity contribution in [3.63, 3.8) is 0 Å². The van der Waals surface area contributed by atoms with Crippen molar-refractivity contribution in [2.75, 3.05) is 46.0 Å². The minimum atomic E-state index is 0.0230. The third-order valence-corrected chi connectivity index (χ3v) is 5.33. The minimum absolute atomic E-state index is 0.0230. The van der Waals surface area contributed by atoms with Gasteiger partial charge in [-0.2, -0.15) is 0 Å². The molecule has 2 fully saturated rings. The molecule has 0 radical (unpaired) electrons. The van der Waals surface area contributed by atoms with Crippen molar-refractivity contribution in [3.05, 3.63) is 59.7 Å². The van der Waals surface area contributed by atoms with Crippen LogP contribution in [0.3, 0.4) is 0 Å². The van der Waals surface area contributed by atoms with Crippen molar-refractivity contribution < 1.29 is 14.6 Å². The van der Waals surface area contributed by atoms with Gasteiger partial charge < -0.3 is 14.6 Å². The molecule has 0 amide bonds. The first-order valence-corrected chi connectivity index (χ1v) is 9.60. The Balaban J connectivity index is 1.39. The summed E-state index contributed by atoms with van der Waals surface area (Å²) in [5, 5.41) is 10.6. The van der Waals surface area contributed by atoms with Gasteiger partial charge in [-0.1, -0.05) is 36.4 Å². The van der Waals surface area contributed by atoms with Crippen molar-refractivity contribution in [2.45, 2.75) is 12.0 Å². The second-order valence-corrected chi connectivity index (χ2v) is 7.04. The predicted molar refractivity (Wildman–Crippen MR) is 104 cm³/mol. The molecule has 0 saturated carbocycles. The Bertz CT molecular complexity index is 735. The molecule has 2 aromatic rings. The molecule has 2 aliphatic rings. The lowest BCUT2D eigenvalue weighted by Crippen LogP contribution is -2.38. The van der Waals surface area contributed by atoms with E-state index >= 15 is 0 Å². The minimum Gasteiger partial charge on any atom is -0.507 e. The number of morpholine rings is 1. The first-order chi connectivity index (χ1) is 13.3. The van der Waals surface area contributed by atoms with Crippen LogP contribution in [0.2, 0.25) is 0 Å². The Labute approximate surface area is 160 Å². The number of ether oxygens (including phenoxy) is 2. The number of rotatable bonds is 6. The van der Waals surface area contributed by atoms with Crippen LogP contribution in [0.15, 0.2) is 48.5 Å². The van der Waals surface area contributed by atoms with E-state index in [1.807, 2.05) is 18.2 Å². The van der Waals surface area contributed by atoms with Gasteiger partial charge >= 0.3 is 0 Å². The Morgan fingerprint density at radius 3 is 2.70 bits per heavy atom. The third-order valence-electron chi connectivity index (χ3n) is 5.33. The van der Waals surface area contributed by atoms with Gasteiger partial charge in [0.25, 0.3) is 0 Å². The highest BCUT2D eigenvalue weighted by atomic mass is 16.5. The number of aromatic hydroxyl groups is 1. The molecule has 0 aromatic heterocycles. The Morgan fingerprint density at radius 2 is 1.93 bits per heavy atom. The molecule has 2 heterocycles. The monoisotopic (exact) mass is 369 g/mol. The van der Waals surface area contributed by atoms with Gasteiger partial charge in [0.05, 0.1) is 19.3 Å². The number of nitrogens with one attached hydrogen (secondary N) is 2. The van der Waals surface area contributed by atoms with Crippen LogP contribution in [0.25, 0.3) is 0 Å². The van der Waals surface area contributed by atoms with Gasteiger partial charge in [-0.15, -0.1) is 0 Å². The lowest BCUT2D eigenvalue weighted by Gasteiger charge is -2.26. The molecular weight excluding hydrogens is 342 g/mol. The fourth-order valence-corrected chi connectivity index (χ4v) is 3.80. The number of hydrazine groups is 1. The summed E-state index contributed by atoms with van der Waals surface area (Å²) in [4.78, 5) is 2.33. The maximum absolute atomic E-state index is 10.6. The van der Waals surface area contributed by atoms with Crippen molar-refractivity contribution in [2.24, 2.45) is 0 Å². The number of benzene rings is 2. The summed E-state index contributed by atoms with van der Waals surface area (Å²) in [6, 6.07) is 16.0. The normalized spacial score (nSPS) is 23.4. The third kappa shape index (κ3) is 4.42. The van der Waals surface area contributed by atoms with Gasteiger partial charge in [0.15, 0.2) is 0 Å². The van der Waals surface area contributed by atoms with Gasteiger partial charge in [0.2, 0.25) is 0 Å². The first-order valence-electron chi connectivity index (χ1n) is 9.60. The molecule has 2 atom stereocenters. The standard InChI is InChI=1S/C21H27N3O3/c25-20-14-17(27-13-10-24-8-11-26-12-9-24)6-7-18(20)21-19(15-22-23-21)16-4-2-1-3-5-16/h1-7,14,19,21-23,25H,8-13,15H2. The highest BCUT2D eigenvalue weighted by molar-refractivity contribution is 5.43. The molecule has 2 unspecified atom stereocenters. The number of hydrogen-bond donors (Lipinski definition) is 3. The van der Waals surface area contributed by atoms with E-state index in [0.717, 1.165) is 45.0 Å². The van der Waals surface area contributed by atoms with Gasteiger partial charge in [0.1, 0.15) is 18.1 Å². The average molecular weight is 369 g/mol. The highest BCUT2D eigenvalue weighted by Crippen LogP contribution is 2.38. The summed E-state index contributed by atoms with van der Waals surface area (Å²) in [6.07, 6.45) is 0. The van der Waals surface area contributed by atoms with Crippen LogP contribution in [-0.4, -0.2) is 56.0 Å². The number of phenols is 1. The zero-order chi connectivity index (χ0) is 18.5. The van der Waals surface area contributed by atoms with E-state index in [1.54, 1.807) is 6.07 Å². The van der Waals surface area contributed by atoms with Crippen molar-refractivity contribution in [1.82, 2.24) is 15.8 Å². The maximum atomic E-state index is 10.6. The first kappa shape index (κ1) is 18.3. The van der Waals surface area contributed by atoms with E-state index in [4.69, 9.17) is 9.47 Å². The Morgan fingerprint density at radius 1 is 1.11 bits per heavy atom. The number of phenolic OH excluding ortho intramolecular Hbond substituents is 1. The summed E-state index contributed by atoms with van der Waals surface area (Å²) in [5.74, 6) is 1.23. The molecule has 2 saturated heterocycles. The molecule has 27 heavy (non-hydrogen) atoms. The molecule has 6 nitrogen and oxygen atoms in total. The molecule has 0 aliphatic carbocycles. The summed E-state index contributed by atoms with van der Waals surface area (Å²) in [7, 11) is 0. The summed E-state index contributed by atoms with van der Waals surface area (Å²) in [5.41, 5.74) is 8.66. The van der Waals surface area contributed by atoms with Crippen LogP contribution in [0.1, 0.15) is 23.1 Å². The maximum Gasteiger partial charge on any atom is 0.124 e. The van der Waals surface area contributed by atoms with E-state index < -0.39 is 0 Å². The zero-order valence-corrected chi connectivity index (χ0v) is 15.4. The van der Waals surface area contributed by atoms with Crippen molar-refractivity contribution >= 4 is 0 Å². The van der Waals surface area contributed by atoms with Crippen LogP contribution < -0.4 is 15.6 Å². The molecule has 0 spiro atoms. The lowest BCUT2D eigenvalue weighted by atomic mass is 9.88. The topological polar surface area (TPSA) is 66.0 Å². The zero-order valence-electron chi connectivity index (χ0n) is 15.4. The summed E-state index contributed by atoms with van der Waals surface area (Å²) >= 11 is 0. The number of nitrogens with zero attached hydrogens (tertiary/aromatic N) is 1. The molecule has 4 rings (SSSR count). The Hall–Kier alpha value is -2.12. The van der Waals surface area contributed by atoms with E-state index in [2.05, 4.69) is 40.0 Å². The Kier molecular flexibility index (Phi) is 5.89. The van der Waals surface area contributed by atoms with Crippen LogP contribution >= 0.6 is 0 Å². The molecule has 6 heteroatoms. The van der Waals surface area contributed by atoms with Crippen LogP contribution in [0.4, 0.5) is 0 Å². The molecule has 2 aliphatic heterocycles. The second-order valence-electron chi connectivity index (χ2n) is 7.04.